The number of rotatable bonds is 5. The summed E-state index contributed by atoms with van der Waals surface area (Å²) in [6.45, 7) is 1.90. The molecule has 2 aromatic rings. The Morgan fingerprint density at radius 3 is 2.77 bits per heavy atom. The summed E-state index contributed by atoms with van der Waals surface area (Å²) in [5.74, 6) is -0.658. The highest BCUT2D eigenvalue weighted by molar-refractivity contribution is 9.10. The van der Waals surface area contributed by atoms with Gasteiger partial charge in [-0.15, -0.1) is 0 Å². The lowest BCUT2D eigenvalue weighted by atomic mass is 10.2. The Balaban J connectivity index is 1.87. The summed E-state index contributed by atoms with van der Waals surface area (Å²) in [5.41, 5.74) is 1.17. The fourth-order valence-corrected chi connectivity index (χ4v) is 2.48. The van der Waals surface area contributed by atoms with Crippen molar-refractivity contribution >= 4 is 39.3 Å². The zero-order valence-electron chi connectivity index (χ0n) is 11.7. The Morgan fingerprint density at radius 1 is 1.36 bits per heavy atom. The zero-order valence-corrected chi connectivity index (χ0v) is 14.1. The van der Waals surface area contributed by atoms with Crippen LogP contribution in [0.2, 0.25) is 5.02 Å². The third-order valence-electron chi connectivity index (χ3n) is 2.99. The van der Waals surface area contributed by atoms with E-state index in [9.17, 15) is 9.59 Å². The van der Waals surface area contributed by atoms with Crippen LogP contribution in [-0.4, -0.2) is 17.9 Å². The second-order valence-electron chi connectivity index (χ2n) is 4.66. The van der Waals surface area contributed by atoms with Crippen LogP contribution in [0.4, 0.5) is 0 Å². The van der Waals surface area contributed by atoms with E-state index in [0.29, 0.717) is 10.6 Å². The van der Waals surface area contributed by atoms with Crippen LogP contribution in [0, 0.1) is 0 Å². The van der Waals surface area contributed by atoms with Gasteiger partial charge in [0.2, 0.25) is 5.91 Å². The SMILES string of the molecule is CC(NC(=O)c1ccoc1)C(=O)NCc1ccc(Br)cc1Cl. The number of carbonyl (C=O) groups excluding carboxylic acids is 2. The molecule has 1 heterocycles. The zero-order chi connectivity index (χ0) is 16.1. The van der Waals surface area contributed by atoms with E-state index in [1.165, 1.54) is 18.6 Å². The first-order valence-electron chi connectivity index (χ1n) is 6.52. The smallest absolute Gasteiger partial charge is 0.255 e. The Morgan fingerprint density at radius 2 is 2.14 bits per heavy atom. The van der Waals surface area contributed by atoms with E-state index in [1.54, 1.807) is 13.0 Å². The van der Waals surface area contributed by atoms with Gasteiger partial charge in [-0.25, -0.2) is 0 Å². The molecule has 0 spiro atoms. The summed E-state index contributed by atoms with van der Waals surface area (Å²) in [6.07, 6.45) is 2.72. The normalized spacial score (nSPS) is 11.8. The van der Waals surface area contributed by atoms with Crippen LogP contribution in [-0.2, 0) is 11.3 Å². The van der Waals surface area contributed by atoms with Crippen molar-refractivity contribution in [1.82, 2.24) is 10.6 Å². The molecule has 2 amide bonds. The molecule has 0 fully saturated rings. The molecule has 1 aromatic heterocycles. The van der Waals surface area contributed by atoms with Gasteiger partial charge in [0, 0.05) is 16.0 Å². The molecule has 0 aliphatic rings. The van der Waals surface area contributed by atoms with Crippen molar-refractivity contribution in [2.24, 2.45) is 0 Å². The molecule has 1 unspecified atom stereocenters. The predicted octanol–water partition coefficient (Wildman–Crippen LogP) is 3.13. The number of carbonyl (C=O) groups is 2. The molecular weight excluding hydrogens is 372 g/mol. The number of hydrogen-bond donors (Lipinski definition) is 2. The van der Waals surface area contributed by atoms with Gasteiger partial charge in [0.1, 0.15) is 12.3 Å². The van der Waals surface area contributed by atoms with E-state index in [0.717, 1.165) is 10.0 Å². The van der Waals surface area contributed by atoms with Gasteiger partial charge in [0.25, 0.3) is 5.91 Å². The lowest BCUT2D eigenvalue weighted by molar-refractivity contribution is -0.122. The van der Waals surface area contributed by atoms with Gasteiger partial charge >= 0.3 is 0 Å². The minimum Gasteiger partial charge on any atom is -0.472 e. The molecule has 0 radical (unpaired) electrons. The van der Waals surface area contributed by atoms with Gasteiger partial charge in [-0.1, -0.05) is 33.6 Å². The maximum absolute atomic E-state index is 12.0. The fraction of sp³-hybridized carbons (Fsp3) is 0.200. The van der Waals surface area contributed by atoms with Gasteiger partial charge in [-0.2, -0.15) is 0 Å². The highest BCUT2D eigenvalue weighted by Gasteiger charge is 2.17. The number of nitrogens with one attached hydrogen (secondary N) is 2. The van der Waals surface area contributed by atoms with Crippen LogP contribution >= 0.6 is 27.5 Å². The van der Waals surface area contributed by atoms with Crippen LogP contribution in [0.5, 0.6) is 0 Å². The number of halogens is 2. The van der Waals surface area contributed by atoms with Gasteiger partial charge < -0.3 is 15.1 Å². The van der Waals surface area contributed by atoms with E-state index in [4.69, 9.17) is 16.0 Å². The van der Waals surface area contributed by atoms with Gasteiger partial charge in [0.15, 0.2) is 0 Å². The van der Waals surface area contributed by atoms with Crippen molar-refractivity contribution in [3.63, 3.8) is 0 Å². The summed E-state index contributed by atoms with van der Waals surface area (Å²) in [7, 11) is 0. The first-order valence-corrected chi connectivity index (χ1v) is 7.69. The number of amides is 2. The Kier molecular flexibility index (Phi) is 5.63. The summed E-state index contributed by atoms with van der Waals surface area (Å²) in [5, 5.41) is 5.88. The Hall–Kier alpha value is -1.79. The maximum atomic E-state index is 12.0. The van der Waals surface area contributed by atoms with Gasteiger partial charge in [0.05, 0.1) is 11.8 Å². The molecule has 1 aromatic carbocycles. The monoisotopic (exact) mass is 384 g/mol. The van der Waals surface area contributed by atoms with Crippen LogP contribution in [0.25, 0.3) is 0 Å². The molecule has 5 nitrogen and oxygen atoms in total. The molecule has 22 heavy (non-hydrogen) atoms. The first kappa shape index (κ1) is 16.6. The third kappa shape index (κ3) is 4.35. The number of benzene rings is 1. The second kappa shape index (κ2) is 7.47. The lowest BCUT2D eigenvalue weighted by Gasteiger charge is -2.14. The molecule has 0 saturated heterocycles. The molecule has 0 bridgehead atoms. The lowest BCUT2D eigenvalue weighted by Crippen LogP contribution is -2.44. The Bertz CT molecular complexity index is 673. The molecule has 0 aliphatic heterocycles. The van der Waals surface area contributed by atoms with Crippen molar-refractivity contribution in [3.05, 3.63) is 57.4 Å². The van der Waals surface area contributed by atoms with Gasteiger partial charge in [-0.3, -0.25) is 9.59 Å². The van der Waals surface area contributed by atoms with E-state index in [2.05, 4.69) is 26.6 Å². The maximum Gasteiger partial charge on any atom is 0.255 e. The molecule has 0 aliphatic carbocycles. The van der Waals surface area contributed by atoms with E-state index >= 15 is 0 Å². The average Bonchev–Trinajstić information content (AvgIpc) is 3.00. The topological polar surface area (TPSA) is 71.3 Å². The summed E-state index contributed by atoms with van der Waals surface area (Å²) in [6, 6.07) is 6.28. The predicted molar refractivity (Wildman–Crippen MR) is 86.6 cm³/mol. The van der Waals surface area contributed by atoms with Crippen LogP contribution in [0.1, 0.15) is 22.8 Å². The molecular formula is C15H14BrClN2O3. The largest absolute Gasteiger partial charge is 0.472 e. The summed E-state index contributed by atoms with van der Waals surface area (Å²) < 4.78 is 5.69. The standard InChI is InChI=1S/C15H14BrClN2O3/c1-9(19-15(21)11-4-5-22-8-11)14(20)18-7-10-2-3-12(16)6-13(10)17/h2-6,8-9H,7H2,1H3,(H,18,20)(H,19,21). The van der Waals surface area contributed by atoms with E-state index < -0.39 is 6.04 Å². The second-order valence-corrected chi connectivity index (χ2v) is 5.98. The van der Waals surface area contributed by atoms with Crippen molar-refractivity contribution in [2.45, 2.75) is 19.5 Å². The van der Waals surface area contributed by atoms with Crippen LogP contribution in [0.3, 0.4) is 0 Å². The highest BCUT2D eigenvalue weighted by Crippen LogP contribution is 2.21. The van der Waals surface area contributed by atoms with Crippen molar-refractivity contribution < 1.29 is 14.0 Å². The minimum atomic E-state index is -0.670. The summed E-state index contributed by atoms with van der Waals surface area (Å²) >= 11 is 9.40. The van der Waals surface area contributed by atoms with Crippen molar-refractivity contribution in [2.75, 3.05) is 0 Å². The van der Waals surface area contributed by atoms with Crippen molar-refractivity contribution in [1.29, 1.82) is 0 Å². The molecule has 7 heteroatoms. The van der Waals surface area contributed by atoms with Gasteiger partial charge in [-0.05, 0) is 30.7 Å². The van der Waals surface area contributed by atoms with E-state index in [1.807, 2.05) is 12.1 Å². The van der Waals surface area contributed by atoms with Crippen LogP contribution < -0.4 is 10.6 Å². The molecule has 0 saturated carbocycles. The van der Waals surface area contributed by atoms with E-state index in [-0.39, 0.29) is 18.4 Å². The average molecular weight is 386 g/mol. The minimum absolute atomic E-state index is 0.289. The quantitative estimate of drug-likeness (QED) is 0.830. The number of furan rings is 1. The number of hydrogen-bond acceptors (Lipinski definition) is 3. The molecule has 116 valence electrons. The molecule has 2 N–H and O–H groups in total. The fourth-order valence-electron chi connectivity index (χ4n) is 1.74. The van der Waals surface area contributed by atoms with Crippen molar-refractivity contribution in [3.8, 4) is 0 Å². The molecule has 2 rings (SSSR count). The van der Waals surface area contributed by atoms with Crippen LogP contribution in [0.15, 0.2) is 45.7 Å². The third-order valence-corrected chi connectivity index (χ3v) is 3.84. The Labute approximate surface area is 141 Å². The molecule has 1 atom stereocenters. The highest BCUT2D eigenvalue weighted by atomic mass is 79.9. The summed E-state index contributed by atoms with van der Waals surface area (Å²) in [4.78, 5) is 23.8. The first-order chi connectivity index (χ1) is 10.5.